The van der Waals surface area contributed by atoms with Crippen molar-refractivity contribution in [3.63, 3.8) is 0 Å². The van der Waals surface area contributed by atoms with E-state index in [-0.39, 0.29) is 36.4 Å². The Morgan fingerprint density at radius 2 is 2.11 bits per heavy atom. The molecule has 1 aromatic rings. The average Bonchev–Trinajstić information content (AvgIpc) is 2.80. The van der Waals surface area contributed by atoms with Crippen molar-refractivity contribution in [2.75, 3.05) is 26.2 Å². The van der Waals surface area contributed by atoms with Crippen LogP contribution in [0.5, 0.6) is 11.5 Å². The van der Waals surface area contributed by atoms with E-state index in [9.17, 15) is 15.0 Å². The first-order valence-corrected chi connectivity index (χ1v) is 5.98. The Morgan fingerprint density at radius 1 is 1.33 bits per heavy atom. The topological polar surface area (TPSA) is 81.0 Å². The number of aliphatic hydroxyl groups is 1. The highest BCUT2D eigenvalue weighted by molar-refractivity contribution is 5.98. The first kappa shape index (κ1) is 12.9. The van der Waals surface area contributed by atoms with Crippen LogP contribution in [0.3, 0.4) is 0 Å². The van der Waals surface area contributed by atoms with Crippen LogP contribution < -0.4 is 0 Å². The van der Waals surface area contributed by atoms with Crippen LogP contribution in [0.15, 0.2) is 18.2 Å². The van der Waals surface area contributed by atoms with E-state index < -0.39 is 0 Å². The minimum atomic E-state index is -0.282. The van der Waals surface area contributed by atoms with E-state index >= 15 is 0 Å². The molecule has 0 aliphatic carbocycles. The molecule has 5 nitrogen and oxygen atoms in total. The number of aliphatic hydroxyl groups excluding tert-OH is 1. The monoisotopic (exact) mass is 251 g/mol. The number of phenolic OH excluding ortho intramolecular Hbond substituents is 2. The maximum atomic E-state index is 12.0. The van der Waals surface area contributed by atoms with Gasteiger partial charge in [0, 0.05) is 18.7 Å². The van der Waals surface area contributed by atoms with Crippen molar-refractivity contribution in [3.8, 4) is 11.5 Å². The lowest BCUT2D eigenvalue weighted by molar-refractivity contribution is 0.0940. The van der Waals surface area contributed by atoms with Gasteiger partial charge in [-0.15, -0.1) is 0 Å². The Morgan fingerprint density at radius 3 is 2.72 bits per heavy atom. The SMILES string of the molecule is O=C(CN1CCC(CO)C1)c1ccc(O)c(O)c1. The van der Waals surface area contributed by atoms with Crippen LogP contribution in [0, 0.1) is 5.92 Å². The Hall–Kier alpha value is -1.59. The molecule has 1 atom stereocenters. The molecule has 98 valence electrons. The molecule has 0 aromatic heterocycles. The van der Waals surface area contributed by atoms with Crippen molar-refractivity contribution in [2.45, 2.75) is 6.42 Å². The standard InChI is InChI=1S/C13H17NO4/c15-8-9-3-4-14(6-9)7-13(18)10-1-2-11(16)12(17)5-10/h1-2,5,9,15-17H,3-4,6-8H2. The first-order valence-electron chi connectivity index (χ1n) is 5.98. The first-order chi connectivity index (χ1) is 8.60. The van der Waals surface area contributed by atoms with Gasteiger partial charge in [-0.3, -0.25) is 9.69 Å². The number of benzene rings is 1. The number of carbonyl (C=O) groups excluding carboxylic acids is 1. The maximum absolute atomic E-state index is 12.0. The number of phenols is 2. The highest BCUT2D eigenvalue weighted by atomic mass is 16.3. The number of hydrogen-bond donors (Lipinski definition) is 3. The van der Waals surface area contributed by atoms with Gasteiger partial charge in [-0.25, -0.2) is 0 Å². The van der Waals surface area contributed by atoms with E-state index in [1.165, 1.54) is 18.2 Å². The van der Waals surface area contributed by atoms with Gasteiger partial charge in [-0.05, 0) is 37.1 Å². The van der Waals surface area contributed by atoms with Gasteiger partial charge in [-0.2, -0.15) is 0 Å². The van der Waals surface area contributed by atoms with Crippen LogP contribution in [0.25, 0.3) is 0 Å². The fourth-order valence-electron chi connectivity index (χ4n) is 2.20. The molecule has 5 heteroatoms. The van der Waals surface area contributed by atoms with Crippen molar-refractivity contribution in [1.29, 1.82) is 0 Å². The summed E-state index contributed by atoms with van der Waals surface area (Å²) in [6.07, 6.45) is 0.907. The molecular weight excluding hydrogens is 234 g/mol. The lowest BCUT2D eigenvalue weighted by Gasteiger charge is -2.14. The molecule has 0 spiro atoms. The molecule has 1 saturated heterocycles. The molecule has 1 unspecified atom stereocenters. The molecule has 1 aromatic carbocycles. The summed E-state index contributed by atoms with van der Waals surface area (Å²) in [4.78, 5) is 14.0. The van der Waals surface area contributed by atoms with Crippen molar-refractivity contribution in [1.82, 2.24) is 4.90 Å². The molecule has 0 amide bonds. The van der Waals surface area contributed by atoms with Crippen molar-refractivity contribution in [2.24, 2.45) is 5.92 Å². The fraction of sp³-hybridized carbons (Fsp3) is 0.462. The van der Waals surface area contributed by atoms with Crippen LogP contribution in [-0.2, 0) is 0 Å². The highest BCUT2D eigenvalue weighted by Crippen LogP contribution is 2.25. The van der Waals surface area contributed by atoms with E-state index in [1.54, 1.807) is 0 Å². The number of rotatable bonds is 4. The molecule has 0 saturated carbocycles. The average molecular weight is 251 g/mol. The molecule has 0 bridgehead atoms. The number of nitrogens with zero attached hydrogens (tertiary/aromatic N) is 1. The fourth-order valence-corrected chi connectivity index (χ4v) is 2.20. The summed E-state index contributed by atoms with van der Waals surface area (Å²) < 4.78 is 0. The lowest BCUT2D eigenvalue weighted by atomic mass is 10.1. The van der Waals surface area contributed by atoms with Gasteiger partial charge in [0.05, 0.1) is 6.54 Å². The third kappa shape index (κ3) is 2.80. The zero-order chi connectivity index (χ0) is 13.1. The largest absolute Gasteiger partial charge is 0.504 e. The molecule has 1 aliphatic rings. The van der Waals surface area contributed by atoms with E-state index in [2.05, 4.69) is 0 Å². The zero-order valence-electron chi connectivity index (χ0n) is 10.0. The number of Topliss-reactive ketones (excluding diaryl/α,β-unsaturated/α-hetero) is 1. The Kier molecular flexibility index (Phi) is 3.84. The van der Waals surface area contributed by atoms with Gasteiger partial charge < -0.3 is 15.3 Å². The normalized spacial score (nSPS) is 20.2. The Bertz CT molecular complexity index is 447. The maximum Gasteiger partial charge on any atom is 0.176 e. The van der Waals surface area contributed by atoms with Crippen LogP contribution in [0.4, 0.5) is 0 Å². The van der Waals surface area contributed by atoms with Crippen LogP contribution >= 0.6 is 0 Å². The number of likely N-dealkylation sites (tertiary alicyclic amines) is 1. The molecular formula is C13H17NO4. The van der Waals surface area contributed by atoms with Crippen LogP contribution in [0.2, 0.25) is 0 Å². The molecule has 1 fully saturated rings. The van der Waals surface area contributed by atoms with Crippen molar-refractivity contribution < 1.29 is 20.1 Å². The predicted octanol–water partition coefficient (Wildman–Crippen LogP) is 0.595. The second-order valence-electron chi connectivity index (χ2n) is 4.70. The van der Waals surface area contributed by atoms with Crippen LogP contribution in [0.1, 0.15) is 16.8 Å². The van der Waals surface area contributed by atoms with Gasteiger partial charge in [0.25, 0.3) is 0 Å². The zero-order valence-corrected chi connectivity index (χ0v) is 10.0. The molecule has 0 radical (unpaired) electrons. The van der Waals surface area contributed by atoms with Gasteiger partial charge in [0.2, 0.25) is 0 Å². The van der Waals surface area contributed by atoms with E-state index in [0.29, 0.717) is 5.56 Å². The van der Waals surface area contributed by atoms with E-state index in [4.69, 9.17) is 5.11 Å². The summed E-state index contributed by atoms with van der Waals surface area (Å²) in [7, 11) is 0. The van der Waals surface area contributed by atoms with Gasteiger partial charge in [0.1, 0.15) is 0 Å². The Labute approximate surface area is 105 Å². The van der Waals surface area contributed by atoms with E-state index in [0.717, 1.165) is 19.5 Å². The minimum Gasteiger partial charge on any atom is -0.504 e. The quantitative estimate of drug-likeness (QED) is 0.539. The summed E-state index contributed by atoms with van der Waals surface area (Å²) in [6, 6.07) is 4.08. The molecule has 3 N–H and O–H groups in total. The number of ketones is 1. The second-order valence-corrected chi connectivity index (χ2v) is 4.70. The number of carbonyl (C=O) groups is 1. The second kappa shape index (κ2) is 5.37. The van der Waals surface area contributed by atoms with Crippen LogP contribution in [-0.4, -0.2) is 52.2 Å². The van der Waals surface area contributed by atoms with E-state index in [1.807, 2.05) is 4.90 Å². The Balaban J connectivity index is 1.97. The lowest BCUT2D eigenvalue weighted by Crippen LogP contribution is -2.28. The minimum absolute atomic E-state index is 0.0936. The molecule has 18 heavy (non-hydrogen) atoms. The van der Waals surface area contributed by atoms with Crippen molar-refractivity contribution >= 4 is 5.78 Å². The predicted molar refractivity (Wildman–Crippen MR) is 65.7 cm³/mol. The third-order valence-corrected chi connectivity index (χ3v) is 3.29. The summed E-state index contributed by atoms with van der Waals surface area (Å²) in [5.41, 5.74) is 0.387. The van der Waals surface area contributed by atoms with Gasteiger partial charge in [0.15, 0.2) is 17.3 Å². The summed E-state index contributed by atoms with van der Waals surface area (Å²) in [5, 5.41) is 27.5. The smallest absolute Gasteiger partial charge is 0.176 e. The van der Waals surface area contributed by atoms with Gasteiger partial charge in [-0.1, -0.05) is 0 Å². The number of hydrogen-bond acceptors (Lipinski definition) is 5. The third-order valence-electron chi connectivity index (χ3n) is 3.29. The summed E-state index contributed by atoms with van der Waals surface area (Å²) in [5.74, 6) is -0.349. The molecule has 1 heterocycles. The summed E-state index contributed by atoms with van der Waals surface area (Å²) in [6.45, 7) is 1.97. The molecule has 1 aliphatic heterocycles. The highest BCUT2D eigenvalue weighted by Gasteiger charge is 2.23. The van der Waals surface area contributed by atoms with Crippen molar-refractivity contribution in [3.05, 3.63) is 23.8 Å². The van der Waals surface area contributed by atoms with Gasteiger partial charge >= 0.3 is 0 Å². The molecule has 2 rings (SSSR count). The summed E-state index contributed by atoms with van der Waals surface area (Å²) >= 11 is 0. The number of aromatic hydroxyl groups is 2.